The predicted molar refractivity (Wildman–Crippen MR) is 189 cm³/mol. The number of rotatable bonds is 34. The topological polar surface area (TPSA) is 76.0 Å². The molecule has 5 heteroatoms. The zero-order valence-corrected chi connectivity index (χ0v) is 29.0. The van der Waals surface area contributed by atoms with Crippen LogP contribution in [0.3, 0.4) is 0 Å². The Labute approximate surface area is 273 Å². The van der Waals surface area contributed by atoms with Crippen LogP contribution in [0.1, 0.15) is 181 Å². The van der Waals surface area contributed by atoms with Gasteiger partial charge in [-0.2, -0.15) is 0 Å². The van der Waals surface area contributed by atoms with Crippen molar-refractivity contribution in [3.05, 3.63) is 36.5 Å². The minimum atomic E-state index is -1.20. The largest absolute Gasteiger partial charge is 0.506 e. The van der Waals surface area contributed by atoms with Crippen molar-refractivity contribution >= 4 is 6.16 Å². The van der Waals surface area contributed by atoms with Gasteiger partial charge in [0.2, 0.25) is 0 Å². The van der Waals surface area contributed by atoms with E-state index < -0.39 is 6.16 Å². The maximum atomic E-state index is 11.1. The molecule has 0 radical (unpaired) electrons. The molecule has 0 heterocycles. The fraction of sp³-hybridized carbons (Fsp3) is 0.821. The van der Waals surface area contributed by atoms with E-state index in [1.165, 1.54) is 103 Å². The highest BCUT2D eigenvalue weighted by Crippen LogP contribution is 2.14. The van der Waals surface area contributed by atoms with E-state index in [0.717, 1.165) is 64.2 Å². The highest BCUT2D eigenvalue weighted by Gasteiger charge is 2.13. The summed E-state index contributed by atoms with van der Waals surface area (Å²) in [7, 11) is 0. The summed E-state index contributed by atoms with van der Waals surface area (Å²) < 4.78 is 10.8. The minimum Gasteiger partial charge on any atom is -0.450 e. The van der Waals surface area contributed by atoms with E-state index in [-0.39, 0.29) is 12.2 Å². The van der Waals surface area contributed by atoms with Gasteiger partial charge in [0.15, 0.2) is 0 Å². The van der Waals surface area contributed by atoms with Crippen LogP contribution >= 0.6 is 0 Å². The molecule has 0 aromatic carbocycles. The fourth-order valence-corrected chi connectivity index (χ4v) is 5.36. The monoisotopic (exact) mass is 621 g/mol. The van der Waals surface area contributed by atoms with Crippen molar-refractivity contribution in [2.24, 2.45) is 0 Å². The number of unbranched alkanes of at least 4 members (excludes halogenated alkanes) is 18. The van der Waals surface area contributed by atoms with Crippen LogP contribution < -0.4 is 0 Å². The molecule has 0 rings (SSSR count). The summed E-state index contributed by atoms with van der Waals surface area (Å²) in [6.07, 6.45) is 41.8. The molecule has 44 heavy (non-hydrogen) atoms. The third-order valence-electron chi connectivity index (χ3n) is 8.17. The average molecular weight is 621 g/mol. The summed E-state index contributed by atoms with van der Waals surface area (Å²) in [6.45, 7) is 5.50. The SMILES string of the molecule is CCCCCC=CCC=CCCCCCCCCC(COCCCCCCCC/C=C\C[C@H](O)CCCCCC)OC(=O)O. The van der Waals surface area contributed by atoms with Crippen LogP contribution in [-0.4, -0.2) is 41.8 Å². The second-order valence-corrected chi connectivity index (χ2v) is 12.6. The number of carbonyl (C=O) groups is 1. The van der Waals surface area contributed by atoms with Gasteiger partial charge in [0, 0.05) is 6.61 Å². The molecule has 0 aromatic rings. The molecule has 0 aromatic heterocycles. The molecule has 1 unspecified atom stereocenters. The van der Waals surface area contributed by atoms with Crippen molar-refractivity contribution in [2.75, 3.05) is 13.2 Å². The molecule has 0 saturated heterocycles. The molecule has 2 N–H and O–H groups in total. The Morgan fingerprint density at radius 3 is 1.68 bits per heavy atom. The number of hydrogen-bond acceptors (Lipinski definition) is 4. The fourth-order valence-electron chi connectivity index (χ4n) is 5.36. The molecule has 0 bridgehead atoms. The number of allylic oxidation sites excluding steroid dienone is 5. The van der Waals surface area contributed by atoms with Gasteiger partial charge in [0.25, 0.3) is 0 Å². The van der Waals surface area contributed by atoms with Gasteiger partial charge in [-0.1, -0.05) is 140 Å². The van der Waals surface area contributed by atoms with E-state index in [1.54, 1.807) is 0 Å². The lowest BCUT2D eigenvalue weighted by Crippen LogP contribution is -2.23. The second kappa shape index (κ2) is 35.9. The van der Waals surface area contributed by atoms with E-state index in [2.05, 4.69) is 50.3 Å². The Kier molecular flexibility index (Phi) is 34.6. The first kappa shape index (κ1) is 42.4. The van der Waals surface area contributed by atoms with Crippen molar-refractivity contribution in [3.8, 4) is 0 Å². The Morgan fingerprint density at radius 2 is 1.07 bits per heavy atom. The second-order valence-electron chi connectivity index (χ2n) is 12.6. The lowest BCUT2D eigenvalue weighted by Gasteiger charge is -2.16. The molecule has 2 atom stereocenters. The maximum Gasteiger partial charge on any atom is 0.506 e. The molecule has 0 saturated carbocycles. The number of aliphatic hydroxyl groups is 1. The zero-order chi connectivity index (χ0) is 32.2. The van der Waals surface area contributed by atoms with Gasteiger partial charge in [-0.3, -0.25) is 0 Å². The van der Waals surface area contributed by atoms with Gasteiger partial charge in [-0.05, 0) is 77.0 Å². The van der Waals surface area contributed by atoms with Crippen LogP contribution in [0.15, 0.2) is 36.5 Å². The number of ether oxygens (including phenoxy) is 2. The van der Waals surface area contributed by atoms with Gasteiger partial charge in [0.05, 0.1) is 12.7 Å². The Balaban J connectivity index is 3.61. The summed E-state index contributed by atoms with van der Waals surface area (Å²) in [4.78, 5) is 11.1. The lowest BCUT2D eigenvalue weighted by atomic mass is 10.1. The van der Waals surface area contributed by atoms with Crippen molar-refractivity contribution in [1.82, 2.24) is 0 Å². The van der Waals surface area contributed by atoms with Crippen LogP contribution in [0.25, 0.3) is 0 Å². The Bertz CT molecular complexity index is 671. The standard InChI is InChI=1S/C39H72O5/c1-3-5-7-9-10-11-12-13-14-15-16-17-20-23-26-30-34-38(44-39(41)42)36-43-35-31-27-24-21-18-19-22-25-29-33-37(40)32-28-8-6-4-2/h10-11,13-14,25,29,37-38,40H,3-9,12,15-24,26-28,30-36H2,1-2H3,(H,41,42)/b11-10?,14-13?,29-25-/t37-,38?/m1/s1. The van der Waals surface area contributed by atoms with Crippen LogP contribution in [0.2, 0.25) is 0 Å². The van der Waals surface area contributed by atoms with Gasteiger partial charge in [0.1, 0.15) is 6.10 Å². The van der Waals surface area contributed by atoms with Gasteiger partial charge >= 0.3 is 6.16 Å². The first-order valence-corrected chi connectivity index (χ1v) is 18.7. The molecule has 0 aliphatic rings. The zero-order valence-electron chi connectivity index (χ0n) is 29.0. The highest BCUT2D eigenvalue weighted by atomic mass is 16.7. The predicted octanol–water partition coefficient (Wildman–Crippen LogP) is 12.3. The molecule has 258 valence electrons. The Hall–Kier alpha value is -1.59. The summed E-state index contributed by atoms with van der Waals surface area (Å²) in [5, 5.41) is 19.1. The highest BCUT2D eigenvalue weighted by molar-refractivity contribution is 5.57. The molecule has 5 nitrogen and oxygen atoms in total. The van der Waals surface area contributed by atoms with E-state index in [9.17, 15) is 9.90 Å². The van der Waals surface area contributed by atoms with Crippen LogP contribution in [-0.2, 0) is 9.47 Å². The molecule has 0 spiro atoms. The van der Waals surface area contributed by atoms with Gasteiger partial charge in [-0.15, -0.1) is 0 Å². The third kappa shape index (κ3) is 34.9. The number of carboxylic acid groups (broad SMARTS) is 1. The number of aliphatic hydroxyl groups excluding tert-OH is 1. The summed E-state index contributed by atoms with van der Waals surface area (Å²) in [5.74, 6) is 0. The molecule has 0 amide bonds. The van der Waals surface area contributed by atoms with Crippen LogP contribution in [0, 0.1) is 0 Å². The van der Waals surface area contributed by atoms with Gasteiger partial charge in [-0.25, -0.2) is 4.79 Å². The van der Waals surface area contributed by atoms with Crippen LogP contribution in [0.4, 0.5) is 4.79 Å². The average Bonchev–Trinajstić information content (AvgIpc) is 3.00. The van der Waals surface area contributed by atoms with Crippen LogP contribution in [0.5, 0.6) is 0 Å². The third-order valence-corrected chi connectivity index (χ3v) is 8.17. The molecular weight excluding hydrogens is 548 g/mol. The lowest BCUT2D eigenvalue weighted by molar-refractivity contribution is -0.00676. The van der Waals surface area contributed by atoms with Crippen molar-refractivity contribution in [1.29, 1.82) is 0 Å². The summed E-state index contributed by atoms with van der Waals surface area (Å²) >= 11 is 0. The van der Waals surface area contributed by atoms with Gasteiger partial charge < -0.3 is 19.7 Å². The molecule has 0 aliphatic heterocycles. The first-order chi connectivity index (χ1) is 21.6. The molecular formula is C39H72O5. The van der Waals surface area contributed by atoms with Crippen molar-refractivity contribution < 1.29 is 24.5 Å². The van der Waals surface area contributed by atoms with Crippen molar-refractivity contribution in [2.45, 2.75) is 193 Å². The van der Waals surface area contributed by atoms with E-state index >= 15 is 0 Å². The molecule has 0 aliphatic carbocycles. The number of hydrogen-bond donors (Lipinski definition) is 2. The van der Waals surface area contributed by atoms with E-state index in [0.29, 0.717) is 13.2 Å². The molecule has 0 fully saturated rings. The quantitative estimate of drug-likeness (QED) is 0.0425. The van der Waals surface area contributed by atoms with E-state index in [1.807, 2.05) is 0 Å². The summed E-state index contributed by atoms with van der Waals surface area (Å²) in [6, 6.07) is 0. The minimum absolute atomic E-state index is 0.174. The first-order valence-electron chi connectivity index (χ1n) is 18.7. The Morgan fingerprint density at radius 1 is 0.591 bits per heavy atom. The smallest absolute Gasteiger partial charge is 0.450 e. The van der Waals surface area contributed by atoms with Crippen molar-refractivity contribution in [3.63, 3.8) is 0 Å². The maximum absolute atomic E-state index is 11.1. The van der Waals surface area contributed by atoms with E-state index in [4.69, 9.17) is 14.6 Å². The normalized spacial score (nSPS) is 13.4. The summed E-state index contributed by atoms with van der Waals surface area (Å²) in [5.41, 5.74) is 0.